The summed E-state index contributed by atoms with van der Waals surface area (Å²) in [5, 5.41) is 12.5. The van der Waals surface area contributed by atoms with Gasteiger partial charge in [-0.3, -0.25) is 4.79 Å². The molecule has 5 heteroatoms. The number of thiophene rings is 1. The Morgan fingerprint density at radius 3 is 3.15 bits per heavy atom. The van der Waals surface area contributed by atoms with Crippen LogP contribution in [0.1, 0.15) is 40.2 Å². The van der Waals surface area contributed by atoms with Crippen LogP contribution in [0.3, 0.4) is 0 Å². The average molecular weight is 309 g/mol. The Bertz CT molecular complexity index is 515. The van der Waals surface area contributed by atoms with Crippen LogP contribution in [0, 0.1) is 11.8 Å². The maximum atomic E-state index is 12.2. The quantitative estimate of drug-likeness (QED) is 0.844. The molecule has 1 aliphatic carbocycles. The van der Waals surface area contributed by atoms with Crippen LogP contribution in [0.15, 0.2) is 12.1 Å². The highest BCUT2D eigenvalue weighted by Gasteiger charge is 2.23. The van der Waals surface area contributed by atoms with Crippen molar-refractivity contribution in [3.05, 3.63) is 21.9 Å². The van der Waals surface area contributed by atoms with Gasteiger partial charge in [0.25, 0.3) is 5.91 Å². The van der Waals surface area contributed by atoms with E-state index in [2.05, 4.69) is 23.4 Å². The first-order valence-electron chi connectivity index (χ1n) is 6.76. The summed E-state index contributed by atoms with van der Waals surface area (Å²) in [5.41, 5.74) is 0. The predicted octanol–water partition coefficient (Wildman–Crippen LogP) is 2.50. The summed E-state index contributed by atoms with van der Waals surface area (Å²) in [6.07, 6.45) is 6.72. The van der Waals surface area contributed by atoms with Crippen molar-refractivity contribution in [2.75, 3.05) is 12.9 Å². The van der Waals surface area contributed by atoms with E-state index in [1.54, 1.807) is 6.07 Å². The maximum Gasteiger partial charge on any atom is 0.261 e. The lowest BCUT2D eigenvalue weighted by molar-refractivity contribution is 0.0932. The van der Waals surface area contributed by atoms with E-state index in [0.717, 1.165) is 17.7 Å². The number of carbonyl (C=O) groups excluding carboxylic acids is 1. The molecule has 0 spiro atoms. The van der Waals surface area contributed by atoms with Crippen molar-refractivity contribution >= 4 is 29.0 Å². The normalized spacial score (nSPS) is 21.9. The van der Waals surface area contributed by atoms with Gasteiger partial charge in [-0.05, 0) is 37.7 Å². The standard InChI is InChI=1S/C15H19NO2S2/c1-19-13-5-2-4-11(10-13)16-15(18)14-8-7-12(20-14)6-3-9-17/h7-8,11,13,17H,2,4-5,9-10H2,1H3,(H,16,18). The third-order valence-corrected chi connectivity index (χ3v) is 5.51. The SMILES string of the molecule is CSC1CCCC(NC(=O)c2ccc(C#CCO)s2)C1. The first-order chi connectivity index (χ1) is 9.72. The molecule has 1 aromatic rings. The van der Waals surface area contributed by atoms with E-state index in [0.29, 0.717) is 16.2 Å². The average Bonchev–Trinajstić information content (AvgIpc) is 2.94. The Morgan fingerprint density at radius 1 is 1.55 bits per heavy atom. The molecule has 108 valence electrons. The first-order valence-corrected chi connectivity index (χ1v) is 8.86. The number of carbonyl (C=O) groups is 1. The fraction of sp³-hybridized carbons (Fsp3) is 0.533. The summed E-state index contributed by atoms with van der Waals surface area (Å²) in [4.78, 5) is 13.7. The highest BCUT2D eigenvalue weighted by Crippen LogP contribution is 2.27. The number of hydrogen-bond donors (Lipinski definition) is 2. The largest absolute Gasteiger partial charge is 0.384 e. The van der Waals surface area contributed by atoms with Crippen LogP contribution < -0.4 is 5.32 Å². The van der Waals surface area contributed by atoms with E-state index in [9.17, 15) is 4.79 Å². The molecule has 1 heterocycles. The number of amides is 1. The molecule has 20 heavy (non-hydrogen) atoms. The summed E-state index contributed by atoms with van der Waals surface area (Å²) in [7, 11) is 0. The third kappa shape index (κ3) is 4.27. The monoisotopic (exact) mass is 309 g/mol. The molecule has 0 aliphatic heterocycles. The van der Waals surface area contributed by atoms with E-state index < -0.39 is 0 Å². The molecule has 0 radical (unpaired) electrons. The van der Waals surface area contributed by atoms with E-state index in [-0.39, 0.29) is 12.5 Å². The molecule has 0 aromatic carbocycles. The smallest absolute Gasteiger partial charge is 0.261 e. The maximum absolute atomic E-state index is 12.2. The zero-order valence-corrected chi connectivity index (χ0v) is 13.1. The number of hydrogen-bond acceptors (Lipinski definition) is 4. The molecule has 1 aliphatic rings. The number of rotatable bonds is 3. The Labute approximate surface area is 128 Å². The highest BCUT2D eigenvalue weighted by atomic mass is 32.2. The summed E-state index contributed by atoms with van der Waals surface area (Å²) in [6, 6.07) is 3.92. The highest BCUT2D eigenvalue weighted by molar-refractivity contribution is 7.99. The molecule has 1 fully saturated rings. The molecule has 0 saturated heterocycles. The van der Waals surface area contributed by atoms with Gasteiger partial charge in [-0.25, -0.2) is 0 Å². The van der Waals surface area contributed by atoms with Gasteiger partial charge < -0.3 is 10.4 Å². The Balaban J connectivity index is 1.92. The van der Waals surface area contributed by atoms with Crippen LogP contribution in [0.2, 0.25) is 0 Å². The van der Waals surface area contributed by atoms with Gasteiger partial charge in [0.05, 0.1) is 9.75 Å². The molecule has 2 unspecified atom stereocenters. The van der Waals surface area contributed by atoms with Gasteiger partial charge in [0.2, 0.25) is 0 Å². The predicted molar refractivity (Wildman–Crippen MR) is 85.3 cm³/mol. The van der Waals surface area contributed by atoms with Gasteiger partial charge >= 0.3 is 0 Å². The van der Waals surface area contributed by atoms with Crippen LogP contribution in [-0.2, 0) is 0 Å². The lowest BCUT2D eigenvalue weighted by Crippen LogP contribution is -2.38. The first kappa shape index (κ1) is 15.4. The van der Waals surface area contributed by atoms with Crippen molar-refractivity contribution in [1.82, 2.24) is 5.32 Å². The van der Waals surface area contributed by atoms with Crippen LogP contribution in [0.5, 0.6) is 0 Å². The minimum atomic E-state index is -0.155. The van der Waals surface area contributed by atoms with Gasteiger partial charge in [-0.1, -0.05) is 18.3 Å². The molecule has 0 bridgehead atoms. The summed E-state index contributed by atoms with van der Waals surface area (Å²) in [5.74, 6) is 5.42. The van der Waals surface area contributed by atoms with E-state index in [1.807, 2.05) is 17.8 Å². The lowest BCUT2D eigenvalue weighted by atomic mass is 9.95. The molecule has 1 saturated carbocycles. The van der Waals surface area contributed by atoms with Crippen molar-refractivity contribution in [1.29, 1.82) is 0 Å². The van der Waals surface area contributed by atoms with Gasteiger partial charge in [0, 0.05) is 11.3 Å². The van der Waals surface area contributed by atoms with Crippen molar-refractivity contribution in [3.63, 3.8) is 0 Å². The van der Waals surface area contributed by atoms with Crippen molar-refractivity contribution in [3.8, 4) is 11.8 Å². The second-order valence-corrected chi connectivity index (χ2v) is 7.04. The molecule has 2 atom stereocenters. The van der Waals surface area contributed by atoms with Gasteiger partial charge in [-0.15, -0.1) is 11.3 Å². The molecular weight excluding hydrogens is 290 g/mol. The van der Waals surface area contributed by atoms with Crippen LogP contribution in [-0.4, -0.2) is 35.2 Å². The van der Waals surface area contributed by atoms with Gasteiger partial charge in [0.15, 0.2) is 0 Å². The summed E-state index contributed by atoms with van der Waals surface area (Å²) >= 11 is 3.27. The molecule has 1 amide bonds. The Hall–Kier alpha value is -0.960. The van der Waals surface area contributed by atoms with E-state index in [1.165, 1.54) is 24.2 Å². The molecule has 2 N–H and O–H groups in total. The zero-order valence-electron chi connectivity index (χ0n) is 11.5. The molecule has 2 rings (SSSR count). The molecule has 1 aromatic heterocycles. The number of nitrogens with one attached hydrogen (secondary N) is 1. The number of thioether (sulfide) groups is 1. The van der Waals surface area contributed by atoms with Crippen molar-refractivity contribution in [2.45, 2.75) is 37.0 Å². The Kier molecular flexibility index (Phi) is 5.96. The number of aliphatic hydroxyl groups excluding tert-OH is 1. The van der Waals surface area contributed by atoms with Crippen LogP contribution >= 0.6 is 23.1 Å². The second-order valence-electron chi connectivity index (χ2n) is 4.82. The fourth-order valence-electron chi connectivity index (χ4n) is 2.40. The fourth-order valence-corrected chi connectivity index (χ4v) is 4.01. The van der Waals surface area contributed by atoms with Gasteiger partial charge in [-0.2, -0.15) is 11.8 Å². The minimum Gasteiger partial charge on any atom is -0.384 e. The van der Waals surface area contributed by atoms with Crippen LogP contribution in [0.4, 0.5) is 0 Å². The topological polar surface area (TPSA) is 49.3 Å². The minimum absolute atomic E-state index is 0.00111. The Morgan fingerprint density at radius 2 is 2.40 bits per heavy atom. The number of aliphatic hydroxyl groups is 1. The second kappa shape index (κ2) is 7.72. The van der Waals surface area contributed by atoms with Crippen molar-refractivity contribution < 1.29 is 9.90 Å². The summed E-state index contributed by atoms with van der Waals surface area (Å²) in [6.45, 7) is -0.155. The zero-order chi connectivity index (χ0) is 14.4. The van der Waals surface area contributed by atoms with Gasteiger partial charge in [0.1, 0.15) is 6.61 Å². The third-order valence-electron chi connectivity index (χ3n) is 3.42. The molecule has 3 nitrogen and oxygen atoms in total. The lowest BCUT2D eigenvalue weighted by Gasteiger charge is -2.28. The van der Waals surface area contributed by atoms with Crippen molar-refractivity contribution in [2.24, 2.45) is 0 Å². The summed E-state index contributed by atoms with van der Waals surface area (Å²) < 4.78 is 0. The van der Waals surface area contributed by atoms with E-state index >= 15 is 0 Å². The van der Waals surface area contributed by atoms with E-state index in [4.69, 9.17) is 5.11 Å². The van der Waals surface area contributed by atoms with Crippen LogP contribution in [0.25, 0.3) is 0 Å². The molecular formula is C15H19NO2S2.